The monoisotopic (exact) mass is 586 g/mol. The molecule has 1 unspecified atom stereocenters. The fourth-order valence-corrected chi connectivity index (χ4v) is 4.77. The highest BCUT2D eigenvalue weighted by Crippen LogP contribution is 2.24. The molecule has 230 valence electrons. The Morgan fingerprint density at radius 3 is 1.77 bits per heavy atom. The van der Waals surface area contributed by atoms with Gasteiger partial charge in [-0.05, 0) is 73.7 Å². The lowest BCUT2D eigenvalue weighted by Crippen LogP contribution is -2.17. The largest absolute Gasteiger partial charge is 0.462 e. The minimum Gasteiger partial charge on any atom is -0.462 e. The summed E-state index contributed by atoms with van der Waals surface area (Å²) in [6.45, 7) is 6.68. The van der Waals surface area contributed by atoms with Gasteiger partial charge in [0.2, 0.25) is 0 Å². The zero-order valence-electron chi connectivity index (χ0n) is 25.9. The molecule has 0 saturated heterocycles. The maximum Gasteiger partial charge on any atom is 0.343 e. The standard InChI is InChI=1S/C37H46O6/c1-4-6-8-10-11-15-27-41-35(38)31-23-19-29(20-24-31)30-21-25-32(26-22-30)36(39)43-34-18-14-13-17-33(34)37(40)42-28(3)16-12-9-7-5-2/h13-14,17-26,28H,4-12,15-16,27H2,1-3H3. The van der Waals surface area contributed by atoms with E-state index >= 15 is 0 Å². The van der Waals surface area contributed by atoms with Gasteiger partial charge in [-0.25, -0.2) is 14.4 Å². The Morgan fingerprint density at radius 1 is 0.605 bits per heavy atom. The SMILES string of the molecule is CCCCCCCCOC(=O)c1ccc(-c2ccc(C(=O)Oc3ccccc3C(=O)OC(C)CCCCCC)cc2)cc1. The summed E-state index contributed by atoms with van der Waals surface area (Å²) < 4.78 is 16.6. The Kier molecular flexibility index (Phi) is 14.5. The fourth-order valence-electron chi connectivity index (χ4n) is 4.77. The van der Waals surface area contributed by atoms with Crippen LogP contribution >= 0.6 is 0 Å². The predicted molar refractivity (Wildman–Crippen MR) is 171 cm³/mol. The molecule has 0 amide bonds. The van der Waals surface area contributed by atoms with E-state index < -0.39 is 11.9 Å². The van der Waals surface area contributed by atoms with E-state index in [0.717, 1.165) is 49.7 Å². The van der Waals surface area contributed by atoms with E-state index in [9.17, 15) is 14.4 Å². The third-order valence-corrected chi connectivity index (χ3v) is 7.39. The second kappa shape index (κ2) is 18.6. The molecule has 43 heavy (non-hydrogen) atoms. The van der Waals surface area contributed by atoms with E-state index in [1.807, 2.05) is 31.2 Å². The molecular formula is C37H46O6. The molecule has 1 atom stereocenters. The third kappa shape index (κ3) is 11.3. The number of rotatable bonds is 18. The molecular weight excluding hydrogens is 540 g/mol. The molecule has 0 heterocycles. The van der Waals surface area contributed by atoms with Gasteiger partial charge in [-0.2, -0.15) is 0 Å². The smallest absolute Gasteiger partial charge is 0.343 e. The van der Waals surface area contributed by atoms with Crippen LogP contribution in [0.25, 0.3) is 11.1 Å². The molecule has 6 nitrogen and oxygen atoms in total. The first kappa shape index (κ1) is 33.6. The summed E-state index contributed by atoms with van der Waals surface area (Å²) in [5, 5.41) is 0. The quantitative estimate of drug-likeness (QED) is 0.0839. The normalized spacial score (nSPS) is 11.5. The average Bonchev–Trinajstić information content (AvgIpc) is 3.03. The Labute approximate surface area is 256 Å². The van der Waals surface area contributed by atoms with E-state index in [1.54, 1.807) is 48.5 Å². The molecule has 3 rings (SSSR count). The number of carbonyl (C=O) groups excluding carboxylic acids is 3. The van der Waals surface area contributed by atoms with Crippen molar-refractivity contribution in [3.8, 4) is 16.9 Å². The van der Waals surface area contributed by atoms with Gasteiger partial charge in [-0.1, -0.05) is 102 Å². The molecule has 0 saturated carbocycles. The molecule has 0 radical (unpaired) electrons. The van der Waals surface area contributed by atoms with Crippen molar-refractivity contribution in [2.45, 2.75) is 97.5 Å². The molecule has 0 aliphatic heterocycles. The molecule has 0 aromatic heterocycles. The first-order chi connectivity index (χ1) is 20.9. The maximum atomic E-state index is 12.9. The summed E-state index contributed by atoms with van der Waals surface area (Å²) in [5.74, 6) is -1.22. The first-order valence-electron chi connectivity index (χ1n) is 15.8. The molecule has 0 bridgehead atoms. The van der Waals surface area contributed by atoms with Crippen molar-refractivity contribution in [1.82, 2.24) is 0 Å². The number of hydrogen-bond donors (Lipinski definition) is 0. The van der Waals surface area contributed by atoms with Crippen LogP contribution in [0, 0.1) is 0 Å². The van der Waals surface area contributed by atoms with Crippen LogP contribution in [0.3, 0.4) is 0 Å². The van der Waals surface area contributed by atoms with Crippen molar-refractivity contribution in [2.24, 2.45) is 0 Å². The molecule has 3 aromatic carbocycles. The predicted octanol–water partition coefficient (Wildman–Crippen LogP) is 9.61. The lowest BCUT2D eigenvalue weighted by molar-refractivity contribution is 0.0315. The minimum atomic E-state index is -0.567. The van der Waals surface area contributed by atoms with Crippen LogP contribution in [0.2, 0.25) is 0 Å². The summed E-state index contributed by atoms with van der Waals surface area (Å²) in [6, 6.07) is 20.9. The summed E-state index contributed by atoms with van der Waals surface area (Å²) in [6.07, 6.45) is 11.9. The van der Waals surface area contributed by atoms with Gasteiger partial charge in [-0.3, -0.25) is 0 Å². The molecule has 0 aliphatic rings. The number of para-hydroxylation sites is 1. The van der Waals surface area contributed by atoms with Crippen molar-refractivity contribution >= 4 is 17.9 Å². The van der Waals surface area contributed by atoms with Crippen molar-refractivity contribution in [1.29, 1.82) is 0 Å². The van der Waals surface area contributed by atoms with Crippen molar-refractivity contribution < 1.29 is 28.6 Å². The lowest BCUT2D eigenvalue weighted by Gasteiger charge is -2.15. The number of benzene rings is 3. The number of ether oxygens (including phenoxy) is 3. The van der Waals surface area contributed by atoms with E-state index in [4.69, 9.17) is 14.2 Å². The van der Waals surface area contributed by atoms with E-state index in [2.05, 4.69) is 13.8 Å². The second-order valence-corrected chi connectivity index (χ2v) is 11.0. The van der Waals surface area contributed by atoms with Gasteiger partial charge in [0, 0.05) is 0 Å². The highest BCUT2D eigenvalue weighted by atomic mass is 16.6. The first-order valence-corrected chi connectivity index (χ1v) is 15.8. The topological polar surface area (TPSA) is 78.9 Å². The Hall–Kier alpha value is -3.93. The Balaban J connectivity index is 1.53. The van der Waals surface area contributed by atoms with Crippen molar-refractivity contribution in [3.05, 3.63) is 89.5 Å². The van der Waals surface area contributed by atoms with Crippen LogP contribution in [-0.2, 0) is 9.47 Å². The van der Waals surface area contributed by atoms with Crippen LogP contribution < -0.4 is 4.74 Å². The van der Waals surface area contributed by atoms with Crippen LogP contribution in [0.5, 0.6) is 5.75 Å². The van der Waals surface area contributed by atoms with E-state index in [0.29, 0.717) is 17.7 Å². The number of unbranched alkanes of at least 4 members (excludes halogenated alkanes) is 8. The van der Waals surface area contributed by atoms with E-state index in [1.165, 1.54) is 32.1 Å². The Bertz CT molecular complexity index is 1280. The summed E-state index contributed by atoms with van der Waals surface area (Å²) >= 11 is 0. The summed E-state index contributed by atoms with van der Waals surface area (Å²) in [7, 11) is 0. The molecule has 0 fully saturated rings. The number of hydrogen-bond acceptors (Lipinski definition) is 6. The van der Waals surface area contributed by atoms with Gasteiger partial charge in [0.15, 0.2) is 0 Å². The van der Waals surface area contributed by atoms with Gasteiger partial charge in [0.05, 0.1) is 23.8 Å². The number of carbonyl (C=O) groups is 3. The van der Waals surface area contributed by atoms with Crippen molar-refractivity contribution in [3.63, 3.8) is 0 Å². The van der Waals surface area contributed by atoms with Gasteiger partial charge in [0.25, 0.3) is 0 Å². The van der Waals surface area contributed by atoms with Gasteiger partial charge in [0.1, 0.15) is 11.3 Å². The molecule has 0 aliphatic carbocycles. The minimum absolute atomic E-state index is 0.165. The van der Waals surface area contributed by atoms with Gasteiger partial charge >= 0.3 is 17.9 Å². The third-order valence-electron chi connectivity index (χ3n) is 7.39. The lowest BCUT2D eigenvalue weighted by atomic mass is 10.0. The van der Waals surface area contributed by atoms with Gasteiger partial charge in [-0.15, -0.1) is 0 Å². The molecule has 0 spiro atoms. The molecule has 0 N–H and O–H groups in total. The fraction of sp³-hybridized carbons (Fsp3) is 0.432. The highest BCUT2D eigenvalue weighted by molar-refractivity contribution is 5.96. The van der Waals surface area contributed by atoms with Crippen LogP contribution in [0.4, 0.5) is 0 Å². The van der Waals surface area contributed by atoms with E-state index in [-0.39, 0.29) is 23.4 Å². The van der Waals surface area contributed by atoms with Crippen LogP contribution in [0.15, 0.2) is 72.8 Å². The maximum absolute atomic E-state index is 12.9. The second-order valence-electron chi connectivity index (χ2n) is 11.0. The van der Waals surface area contributed by atoms with Crippen LogP contribution in [-0.4, -0.2) is 30.6 Å². The zero-order valence-corrected chi connectivity index (χ0v) is 25.9. The van der Waals surface area contributed by atoms with Crippen LogP contribution in [0.1, 0.15) is 122 Å². The highest BCUT2D eigenvalue weighted by Gasteiger charge is 2.19. The average molecular weight is 587 g/mol. The summed E-state index contributed by atoms with van der Waals surface area (Å²) in [4.78, 5) is 38.1. The number of esters is 3. The molecule has 3 aromatic rings. The summed E-state index contributed by atoms with van der Waals surface area (Å²) in [5.41, 5.74) is 2.88. The zero-order chi connectivity index (χ0) is 30.9. The van der Waals surface area contributed by atoms with Gasteiger partial charge < -0.3 is 14.2 Å². The molecule has 6 heteroatoms. The Morgan fingerprint density at radius 2 is 1.14 bits per heavy atom. The van der Waals surface area contributed by atoms with Crippen molar-refractivity contribution in [2.75, 3.05) is 6.61 Å².